The number of benzene rings is 1. The van der Waals surface area contributed by atoms with Crippen LogP contribution in [0.4, 0.5) is 4.39 Å². The van der Waals surface area contributed by atoms with Crippen molar-refractivity contribution in [3.05, 3.63) is 35.1 Å². The summed E-state index contributed by atoms with van der Waals surface area (Å²) in [6.07, 6.45) is 0. The fourth-order valence-electron chi connectivity index (χ4n) is 1.42. The van der Waals surface area contributed by atoms with Crippen molar-refractivity contribution in [2.45, 2.75) is 19.5 Å². The largest absolute Gasteiger partial charge is 0.478 e. The third kappa shape index (κ3) is 3.53. The number of hydrogen-bond acceptors (Lipinski definition) is 3. The molecule has 98 valence electrons. The van der Waals surface area contributed by atoms with E-state index in [1.165, 1.54) is 19.2 Å². The summed E-state index contributed by atoms with van der Waals surface area (Å²) in [5.41, 5.74) is 0.214. The summed E-state index contributed by atoms with van der Waals surface area (Å²) in [5.74, 6) is -2.25. The second-order valence-corrected chi connectivity index (χ2v) is 3.84. The summed E-state index contributed by atoms with van der Waals surface area (Å²) in [6, 6.07) is 3.46. The van der Waals surface area contributed by atoms with Crippen molar-refractivity contribution in [3.63, 3.8) is 0 Å². The van der Waals surface area contributed by atoms with Crippen molar-refractivity contribution >= 4 is 11.9 Å². The van der Waals surface area contributed by atoms with Gasteiger partial charge in [0.1, 0.15) is 5.82 Å². The number of nitrogens with one attached hydrogen (secondary N) is 2. The SMILES string of the molecule is CNC(=O)C(C)NCc1ccc(C(=O)O)c(F)c1. The van der Waals surface area contributed by atoms with Crippen molar-refractivity contribution in [2.24, 2.45) is 0 Å². The van der Waals surface area contributed by atoms with Gasteiger partial charge in [-0.05, 0) is 24.6 Å². The Morgan fingerprint density at radius 1 is 1.44 bits per heavy atom. The lowest BCUT2D eigenvalue weighted by Gasteiger charge is -2.12. The Balaban J connectivity index is 2.67. The Hall–Kier alpha value is -1.95. The first-order chi connectivity index (χ1) is 8.45. The normalized spacial score (nSPS) is 11.9. The Kier molecular flexibility index (Phi) is 4.79. The van der Waals surface area contributed by atoms with Crippen molar-refractivity contribution in [2.75, 3.05) is 7.05 Å². The van der Waals surface area contributed by atoms with Gasteiger partial charge in [-0.1, -0.05) is 6.07 Å². The molecule has 1 rings (SSSR count). The zero-order chi connectivity index (χ0) is 13.7. The van der Waals surface area contributed by atoms with Gasteiger partial charge in [-0.2, -0.15) is 0 Å². The lowest BCUT2D eigenvalue weighted by molar-refractivity contribution is -0.122. The highest BCUT2D eigenvalue weighted by molar-refractivity contribution is 5.87. The first kappa shape index (κ1) is 14.1. The average Bonchev–Trinajstić information content (AvgIpc) is 2.34. The van der Waals surface area contributed by atoms with E-state index in [4.69, 9.17) is 5.11 Å². The topological polar surface area (TPSA) is 78.4 Å². The molecule has 1 amide bonds. The molecular weight excluding hydrogens is 239 g/mol. The molecule has 0 saturated heterocycles. The lowest BCUT2D eigenvalue weighted by atomic mass is 10.1. The predicted octanol–water partition coefficient (Wildman–Crippen LogP) is 0.748. The number of rotatable bonds is 5. The van der Waals surface area contributed by atoms with E-state index >= 15 is 0 Å². The molecule has 1 aromatic carbocycles. The number of carbonyl (C=O) groups is 2. The molecular formula is C12H15FN2O3. The van der Waals surface area contributed by atoms with E-state index in [1.54, 1.807) is 6.92 Å². The summed E-state index contributed by atoms with van der Waals surface area (Å²) >= 11 is 0. The van der Waals surface area contributed by atoms with Crippen molar-refractivity contribution in [1.29, 1.82) is 0 Å². The van der Waals surface area contributed by atoms with Gasteiger partial charge in [0.05, 0.1) is 11.6 Å². The maximum Gasteiger partial charge on any atom is 0.338 e. The Bertz CT molecular complexity index is 463. The summed E-state index contributed by atoms with van der Waals surface area (Å²) < 4.78 is 13.4. The number of carboxylic acid groups (broad SMARTS) is 1. The minimum atomic E-state index is -1.30. The van der Waals surface area contributed by atoms with E-state index < -0.39 is 17.8 Å². The van der Waals surface area contributed by atoms with E-state index in [0.29, 0.717) is 5.56 Å². The minimum absolute atomic E-state index is 0.169. The quantitative estimate of drug-likeness (QED) is 0.724. The summed E-state index contributed by atoms with van der Waals surface area (Å²) in [6.45, 7) is 1.96. The second kappa shape index (κ2) is 6.11. The number of carbonyl (C=O) groups excluding carboxylic acids is 1. The van der Waals surface area contributed by atoms with Crippen molar-refractivity contribution in [1.82, 2.24) is 10.6 Å². The second-order valence-electron chi connectivity index (χ2n) is 3.84. The molecule has 18 heavy (non-hydrogen) atoms. The molecule has 6 heteroatoms. The number of likely N-dealkylation sites (N-methyl/N-ethyl adjacent to an activating group) is 1. The van der Waals surface area contributed by atoms with Crippen LogP contribution < -0.4 is 10.6 Å². The zero-order valence-electron chi connectivity index (χ0n) is 10.2. The van der Waals surface area contributed by atoms with E-state index in [-0.39, 0.29) is 18.0 Å². The van der Waals surface area contributed by atoms with Gasteiger partial charge in [0.15, 0.2) is 0 Å². The molecule has 0 aliphatic carbocycles. The Morgan fingerprint density at radius 3 is 2.61 bits per heavy atom. The number of halogens is 1. The highest BCUT2D eigenvalue weighted by atomic mass is 19.1. The number of hydrogen-bond donors (Lipinski definition) is 3. The van der Waals surface area contributed by atoms with Gasteiger partial charge in [0.2, 0.25) is 5.91 Å². The highest BCUT2D eigenvalue weighted by Gasteiger charge is 2.12. The van der Waals surface area contributed by atoms with Crippen LogP contribution in [0.1, 0.15) is 22.8 Å². The number of carboxylic acids is 1. The summed E-state index contributed by atoms with van der Waals surface area (Å²) in [5, 5.41) is 14.1. The molecule has 3 N–H and O–H groups in total. The van der Waals surface area contributed by atoms with Gasteiger partial charge < -0.3 is 15.7 Å². The standard InChI is InChI=1S/C12H15FN2O3/c1-7(11(16)14-2)15-6-8-3-4-9(12(17)18)10(13)5-8/h3-5,7,15H,6H2,1-2H3,(H,14,16)(H,17,18). The van der Waals surface area contributed by atoms with Crippen LogP contribution in [-0.4, -0.2) is 30.1 Å². The van der Waals surface area contributed by atoms with Crippen molar-refractivity contribution < 1.29 is 19.1 Å². The van der Waals surface area contributed by atoms with Crippen LogP contribution in [0.15, 0.2) is 18.2 Å². The monoisotopic (exact) mass is 254 g/mol. The molecule has 0 aliphatic rings. The van der Waals surface area contributed by atoms with Crippen LogP contribution in [0.2, 0.25) is 0 Å². The molecule has 0 radical (unpaired) electrons. The first-order valence-corrected chi connectivity index (χ1v) is 5.42. The van der Waals surface area contributed by atoms with Crippen LogP contribution in [-0.2, 0) is 11.3 Å². The Morgan fingerprint density at radius 2 is 2.11 bits per heavy atom. The van der Waals surface area contributed by atoms with Crippen LogP contribution in [0.3, 0.4) is 0 Å². The van der Waals surface area contributed by atoms with Gasteiger partial charge in [-0.15, -0.1) is 0 Å². The summed E-state index contributed by atoms with van der Waals surface area (Å²) in [7, 11) is 1.53. The predicted molar refractivity (Wildman–Crippen MR) is 63.7 cm³/mol. The number of aromatic carboxylic acids is 1. The third-order valence-corrected chi connectivity index (χ3v) is 2.52. The van der Waals surface area contributed by atoms with E-state index in [0.717, 1.165) is 6.07 Å². The molecule has 0 aromatic heterocycles. The van der Waals surface area contributed by atoms with Crippen LogP contribution in [0.25, 0.3) is 0 Å². The summed E-state index contributed by atoms with van der Waals surface area (Å²) in [4.78, 5) is 21.8. The highest BCUT2D eigenvalue weighted by Crippen LogP contribution is 2.10. The number of amides is 1. The van der Waals surface area contributed by atoms with Gasteiger partial charge in [0.25, 0.3) is 0 Å². The molecule has 1 atom stereocenters. The maximum absolute atomic E-state index is 13.4. The fraction of sp³-hybridized carbons (Fsp3) is 0.333. The van der Waals surface area contributed by atoms with E-state index in [9.17, 15) is 14.0 Å². The molecule has 0 bridgehead atoms. The maximum atomic E-state index is 13.4. The molecule has 1 unspecified atom stereocenters. The minimum Gasteiger partial charge on any atom is -0.478 e. The van der Waals surface area contributed by atoms with Crippen molar-refractivity contribution in [3.8, 4) is 0 Å². The van der Waals surface area contributed by atoms with Gasteiger partial charge in [-0.25, -0.2) is 9.18 Å². The molecule has 0 heterocycles. The zero-order valence-corrected chi connectivity index (χ0v) is 10.2. The van der Waals surface area contributed by atoms with E-state index in [1.807, 2.05) is 0 Å². The van der Waals surface area contributed by atoms with Gasteiger partial charge in [-0.3, -0.25) is 4.79 Å². The molecule has 5 nitrogen and oxygen atoms in total. The molecule has 0 aliphatic heterocycles. The molecule has 1 aromatic rings. The van der Waals surface area contributed by atoms with Crippen LogP contribution in [0.5, 0.6) is 0 Å². The molecule has 0 fully saturated rings. The molecule has 0 spiro atoms. The molecule has 0 saturated carbocycles. The average molecular weight is 254 g/mol. The fourth-order valence-corrected chi connectivity index (χ4v) is 1.42. The lowest BCUT2D eigenvalue weighted by Crippen LogP contribution is -2.40. The smallest absolute Gasteiger partial charge is 0.338 e. The third-order valence-electron chi connectivity index (χ3n) is 2.52. The van der Waals surface area contributed by atoms with Gasteiger partial charge >= 0.3 is 5.97 Å². The van der Waals surface area contributed by atoms with Crippen LogP contribution in [0, 0.1) is 5.82 Å². The first-order valence-electron chi connectivity index (χ1n) is 5.42. The Labute approximate surface area is 104 Å². The van der Waals surface area contributed by atoms with Gasteiger partial charge in [0, 0.05) is 13.6 Å². The van der Waals surface area contributed by atoms with E-state index in [2.05, 4.69) is 10.6 Å². The van der Waals surface area contributed by atoms with Crippen LogP contribution >= 0.6 is 0 Å².